The first-order chi connectivity index (χ1) is 10.9. The first-order valence-corrected chi connectivity index (χ1v) is 8.27. The number of hydrogen-bond donors (Lipinski definition) is 2. The van der Waals surface area contributed by atoms with E-state index in [-0.39, 0.29) is 6.61 Å². The number of anilines is 1. The third-order valence-corrected chi connectivity index (χ3v) is 4.78. The lowest BCUT2D eigenvalue weighted by atomic mass is 9.88. The van der Waals surface area contributed by atoms with Crippen LogP contribution in [0.4, 0.5) is 5.00 Å². The lowest BCUT2D eigenvalue weighted by molar-refractivity contribution is -0.131. The van der Waals surface area contributed by atoms with Crippen molar-refractivity contribution in [1.29, 1.82) is 0 Å². The molecular weight excluding hydrogens is 318 g/mol. The molecule has 0 spiro atoms. The highest BCUT2D eigenvalue weighted by molar-refractivity contribution is 7.17. The maximum atomic E-state index is 12.2. The summed E-state index contributed by atoms with van der Waals surface area (Å²) in [5, 5.41) is 11.6. The Morgan fingerprint density at radius 2 is 2.13 bits per heavy atom. The van der Waals surface area contributed by atoms with Gasteiger partial charge < -0.3 is 15.2 Å². The summed E-state index contributed by atoms with van der Waals surface area (Å²) in [6.45, 7) is 4.14. The zero-order valence-corrected chi connectivity index (χ0v) is 13.9. The Balaban J connectivity index is 2.32. The van der Waals surface area contributed by atoms with E-state index in [0.717, 1.165) is 41.9 Å². The number of nitrogens with one attached hydrogen (secondary N) is 1. The number of rotatable bonds is 5. The predicted molar refractivity (Wildman–Crippen MR) is 86.9 cm³/mol. The highest BCUT2D eigenvalue weighted by Crippen LogP contribution is 2.40. The van der Waals surface area contributed by atoms with Crippen molar-refractivity contribution >= 4 is 34.2 Å². The van der Waals surface area contributed by atoms with E-state index in [9.17, 15) is 14.4 Å². The van der Waals surface area contributed by atoms with Gasteiger partial charge >= 0.3 is 11.9 Å². The van der Waals surface area contributed by atoms with Crippen LogP contribution >= 0.6 is 11.3 Å². The second-order valence-electron chi connectivity index (χ2n) is 5.44. The van der Waals surface area contributed by atoms with Crippen molar-refractivity contribution in [1.82, 2.24) is 0 Å². The van der Waals surface area contributed by atoms with Crippen molar-refractivity contribution in [3.05, 3.63) is 28.2 Å². The number of carbonyl (C=O) groups excluding carboxylic acids is 2. The molecule has 1 aromatic heterocycles. The minimum atomic E-state index is -1.20. The van der Waals surface area contributed by atoms with Crippen LogP contribution in [-0.2, 0) is 27.2 Å². The van der Waals surface area contributed by atoms with Gasteiger partial charge in [-0.05, 0) is 37.7 Å². The molecule has 1 aromatic rings. The van der Waals surface area contributed by atoms with Gasteiger partial charge in [-0.15, -0.1) is 11.3 Å². The molecule has 6 nitrogen and oxygen atoms in total. The van der Waals surface area contributed by atoms with Gasteiger partial charge in [0.25, 0.3) is 0 Å². The fraction of sp³-hybridized carbons (Fsp3) is 0.438. The molecule has 0 saturated carbocycles. The Morgan fingerprint density at radius 3 is 2.78 bits per heavy atom. The summed E-state index contributed by atoms with van der Waals surface area (Å²) in [7, 11) is 0. The van der Waals surface area contributed by atoms with Crippen molar-refractivity contribution in [3.8, 4) is 0 Å². The number of hydrogen-bond acceptors (Lipinski definition) is 5. The molecule has 0 aromatic carbocycles. The molecule has 0 radical (unpaired) electrons. The molecule has 1 heterocycles. The van der Waals surface area contributed by atoms with Gasteiger partial charge in [-0.25, -0.2) is 9.59 Å². The molecule has 0 saturated heterocycles. The third kappa shape index (κ3) is 4.19. The van der Waals surface area contributed by atoms with Crippen molar-refractivity contribution < 1.29 is 24.2 Å². The molecule has 7 heteroatoms. The van der Waals surface area contributed by atoms with Gasteiger partial charge in [-0.2, -0.15) is 0 Å². The number of aliphatic carboxylic acids is 1. The SMILES string of the molecule is CCOC(=O)c1c(NC(=O)/C=C\C(=O)O)sc2c1CC[C@@H](C)C2. The molecule has 0 fully saturated rings. The number of carboxylic acids is 1. The number of fused-ring (bicyclic) bond motifs is 1. The second-order valence-corrected chi connectivity index (χ2v) is 6.54. The largest absolute Gasteiger partial charge is 0.478 e. The summed E-state index contributed by atoms with van der Waals surface area (Å²) in [5.74, 6) is -1.70. The number of esters is 1. The number of carbonyl (C=O) groups is 3. The molecule has 2 rings (SSSR count). The van der Waals surface area contributed by atoms with Crippen LogP contribution in [-0.4, -0.2) is 29.6 Å². The van der Waals surface area contributed by atoms with E-state index in [1.807, 2.05) is 0 Å². The van der Waals surface area contributed by atoms with E-state index >= 15 is 0 Å². The topological polar surface area (TPSA) is 92.7 Å². The molecule has 1 atom stereocenters. The van der Waals surface area contributed by atoms with Crippen molar-refractivity contribution in [3.63, 3.8) is 0 Å². The summed E-state index contributed by atoms with van der Waals surface area (Å²) in [5.41, 5.74) is 1.36. The summed E-state index contributed by atoms with van der Waals surface area (Å²) < 4.78 is 5.10. The van der Waals surface area contributed by atoms with Gasteiger partial charge in [0.1, 0.15) is 5.00 Å². The normalized spacial score (nSPS) is 16.9. The van der Waals surface area contributed by atoms with Gasteiger partial charge in [-0.1, -0.05) is 6.92 Å². The standard InChI is InChI=1S/C16H19NO5S/c1-3-22-16(21)14-10-5-4-9(2)8-11(10)23-15(14)17-12(18)6-7-13(19)20/h6-7,9H,3-5,8H2,1-2H3,(H,17,18)(H,19,20)/b7-6-/t9-/m1/s1. The van der Waals surface area contributed by atoms with Crippen LogP contribution in [0, 0.1) is 5.92 Å². The van der Waals surface area contributed by atoms with Gasteiger partial charge in [0.2, 0.25) is 5.91 Å². The van der Waals surface area contributed by atoms with Crippen LogP contribution in [0.15, 0.2) is 12.2 Å². The molecular formula is C16H19NO5S. The Hall–Kier alpha value is -2.15. The van der Waals surface area contributed by atoms with Crippen LogP contribution < -0.4 is 5.32 Å². The number of thiophene rings is 1. The van der Waals surface area contributed by atoms with E-state index in [0.29, 0.717) is 16.5 Å². The van der Waals surface area contributed by atoms with Crippen molar-refractivity contribution in [2.75, 3.05) is 11.9 Å². The van der Waals surface area contributed by atoms with Crippen molar-refractivity contribution in [2.45, 2.75) is 33.1 Å². The highest BCUT2D eigenvalue weighted by Gasteiger charge is 2.28. The van der Waals surface area contributed by atoms with Crippen LogP contribution in [0.2, 0.25) is 0 Å². The van der Waals surface area contributed by atoms with E-state index in [2.05, 4.69) is 12.2 Å². The molecule has 1 aliphatic carbocycles. The summed E-state index contributed by atoms with van der Waals surface area (Å²) >= 11 is 1.37. The first-order valence-electron chi connectivity index (χ1n) is 7.46. The van der Waals surface area contributed by atoms with Gasteiger partial charge in [0.05, 0.1) is 12.2 Å². The third-order valence-electron chi connectivity index (χ3n) is 3.61. The Bertz CT molecular complexity index is 662. The average molecular weight is 337 g/mol. The van der Waals surface area contributed by atoms with Gasteiger partial charge in [0.15, 0.2) is 0 Å². The first kappa shape index (κ1) is 17.2. The Morgan fingerprint density at radius 1 is 1.39 bits per heavy atom. The quantitative estimate of drug-likeness (QED) is 0.636. The average Bonchev–Trinajstić information content (AvgIpc) is 2.82. The fourth-order valence-corrected chi connectivity index (χ4v) is 3.96. The van der Waals surface area contributed by atoms with Crippen LogP contribution in [0.5, 0.6) is 0 Å². The lowest BCUT2D eigenvalue weighted by Crippen LogP contribution is -2.15. The molecule has 23 heavy (non-hydrogen) atoms. The molecule has 2 N–H and O–H groups in total. The van der Waals surface area contributed by atoms with Crippen LogP contribution in [0.25, 0.3) is 0 Å². The summed E-state index contributed by atoms with van der Waals surface area (Å²) in [6, 6.07) is 0. The maximum absolute atomic E-state index is 12.2. The number of amides is 1. The lowest BCUT2D eigenvalue weighted by Gasteiger charge is -2.18. The zero-order chi connectivity index (χ0) is 17.0. The molecule has 1 amide bonds. The van der Waals surface area contributed by atoms with Gasteiger partial charge in [-0.3, -0.25) is 4.79 Å². The second kappa shape index (κ2) is 7.41. The molecule has 0 aliphatic heterocycles. The predicted octanol–water partition coefficient (Wildman–Crippen LogP) is 2.63. The smallest absolute Gasteiger partial charge is 0.341 e. The van der Waals surface area contributed by atoms with Crippen LogP contribution in [0.3, 0.4) is 0 Å². The zero-order valence-electron chi connectivity index (χ0n) is 13.0. The molecule has 0 unspecified atom stereocenters. The fourth-order valence-electron chi connectivity index (χ4n) is 2.56. The number of carboxylic acid groups (broad SMARTS) is 1. The van der Waals surface area contributed by atoms with E-state index in [1.165, 1.54) is 11.3 Å². The van der Waals surface area contributed by atoms with E-state index in [1.54, 1.807) is 6.92 Å². The maximum Gasteiger partial charge on any atom is 0.341 e. The van der Waals surface area contributed by atoms with Crippen LogP contribution in [0.1, 0.15) is 41.1 Å². The summed E-state index contributed by atoms with van der Waals surface area (Å²) in [6.07, 6.45) is 4.32. The monoisotopic (exact) mass is 337 g/mol. The minimum absolute atomic E-state index is 0.256. The summed E-state index contributed by atoms with van der Waals surface area (Å²) in [4.78, 5) is 35.6. The molecule has 1 aliphatic rings. The van der Waals surface area contributed by atoms with Gasteiger partial charge in [0, 0.05) is 17.0 Å². The van der Waals surface area contributed by atoms with E-state index < -0.39 is 17.8 Å². The Kier molecular flexibility index (Phi) is 5.54. The molecule has 124 valence electrons. The highest BCUT2D eigenvalue weighted by atomic mass is 32.1. The Labute approximate surface area is 138 Å². The minimum Gasteiger partial charge on any atom is -0.478 e. The number of ether oxygens (including phenoxy) is 1. The van der Waals surface area contributed by atoms with E-state index in [4.69, 9.17) is 9.84 Å². The van der Waals surface area contributed by atoms with Crippen molar-refractivity contribution in [2.24, 2.45) is 5.92 Å². The molecule has 0 bridgehead atoms.